The van der Waals surface area contributed by atoms with E-state index in [2.05, 4.69) is 0 Å². The Morgan fingerprint density at radius 1 is 0.960 bits per heavy atom. The lowest BCUT2D eigenvalue weighted by Gasteiger charge is -2.04. The van der Waals surface area contributed by atoms with Crippen molar-refractivity contribution in [3.8, 4) is 5.75 Å². The van der Waals surface area contributed by atoms with Crippen molar-refractivity contribution >= 4 is 35.4 Å². The smallest absolute Gasteiger partial charge is 0.308 e. The predicted octanol–water partition coefficient (Wildman–Crippen LogP) is 4.99. The van der Waals surface area contributed by atoms with Crippen LogP contribution in [0.4, 0.5) is 0 Å². The average molecular weight is 353 g/mol. The summed E-state index contributed by atoms with van der Waals surface area (Å²) in [6.07, 6.45) is 7.40. The maximum atomic E-state index is 11.0. The van der Waals surface area contributed by atoms with Crippen LogP contribution >= 0.6 is 11.3 Å². The molecule has 3 aromatic rings. The zero-order valence-corrected chi connectivity index (χ0v) is 14.9. The van der Waals surface area contributed by atoms with Crippen LogP contribution in [-0.4, -0.2) is 16.4 Å². The van der Waals surface area contributed by atoms with E-state index in [4.69, 9.17) is 4.74 Å². The van der Waals surface area contributed by atoms with E-state index in [0.29, 0.717) is 5.75 Å². The zero-order chi connectivity index (χ0) is 18.1. The molecular formula is C20H19NO3S. The van der Waals surface area contributed by atoms with Gasteiger partial charge in [-0.1, -0.05) is 24.3 Å². The molecule has 3 rings (SSSR count). The van der Waals surface area contributed by atoms with Crippen LogP contribution in [0.3, 0.4) is 0 Å². The number of esters is 1. The highest BCUT2D eigenvalue weighted by molar-refractivity contribution is 7.10. The van der Waals surface area contributed by atoms with Crippen molar-refractivity contribution in [2.75, 3.05) is 0 Å². The van der Waals surface area contributed by atoms with E-state index < -0.39 is 0 Å². The third-order valence-electron chi connectivity index (χ3n) is 3.11. The molecule has 0 spiro atoms. The molecule has 0 bridgehead atoms. The average Bonchev–Trinajstić information content (AvgIpc) is 3.28. The quantitative estimate of drug-likeness (QED) is 0.492. The van der Waals surface area contributed by atoms with Gasteiger partial charge < -0.3 is 4.74 Å². The van der Waals surface area contributed by atoms with Gasteiger partial charge in [-0.3, -0.25) is 14.2 Å². The summed E-state index contributed by atoms with van der Waals surface area (Å²) < 4.78 is 6.66. The maximum Gasteiger partial charge on any atom is 0.308 e. The van der Waals surface area contributed by atoms with Crippen molar-refractivity contribution in [1.82, 2.24) is 4.57 Å². The van der Waals surface area contributed by atoms with Gasteiger partial charge in [-0.15, -0.1) is 11.3 Å². The fourth-order valence-electron chi connectivity index (χ4n) is 1.97. The van der Waals surface area contributed by atoms with Crippen LogP contribution < -0.4 is 4.74 Å². The summed E-state index contributed by atoms with van der Waals surface area (Å²) >= 11 is 1.67. The fourth-order valence-corrected chi connectivity index (χ4v) is 2.59. The van der Waals surface area contributed by atoms with Gasteiger partial charge in [0.25, 0.3) is 0 Å². The molecule has 128 valence electrons. The second-order valence-electron chi connectivity index (χ2n) is 5.09. The molecule has 0 amide bonds. The first-order valence-corrected chi connectivity index (χ1v) is 8.57. The van der Waals surface area contributed by atoms with E-state index in [-0.39, 0.29) is 11.9 Å². The lowest BCUT2D eigenvalue weighted by Crippen LogP contribution is -2.02. The molecule has 0 N–H and O–H groups in total. The Morgan fingerprint density at radius 3 is 2.24 bits per heavy atom. The minimum absolute atomic E-state index is 0.0509. The fraction of sp³-hybridized carbons (Fsp3) is 0.100. The molecule has 0 saturated heterocycles. The number of thiophene rings is 1. The Balaban J connectivity index is 0.000000236. The van der Waals surface area contributed by atoms with Gasteiger partial charge in [0.15, 0.2) is 0 Å². The molecule has 0 fully saturated rings. The highest BCUT2D eigenvalue weighted by atomic mass is 32.1. The van der Waals surface area contributed by atoms with Gasteiger partial charge in [-0.25, -0.2) is 0 Å². The van der Waals surface area contributed by atoms with Gasteiger partial charge in [0.05, 0.1) is 0 Å². The van der Waals surface area contributed by atoms with Gasteiger partial charge in [0, 0.05) is 36.7 Å². The van der Waals surface area contributed by atoms with E-state index in [1.807, 2.05) is 60.0 Å². The standard InChI is InChI=1S/C14H12O2S.C6H7NO/c1-11(15)16-14-7-3-2-5-12(14)8-9-13-6-4-10-17-13;1-6(8)7-4-2-3-5-7/h2-10H,1H3;2-5H,1H3/b9-8+;. The number of benzene rings is 1. The summed E-state index contributed by atoms with van der Waals surface area (Å²) in [5.41, 5.74) is 0.899. The summed E-state index contributed by atoms with van der Waals surface area (Å²) in [4.78, 5) is 22.6. The Kier molecular flexibility index (Phi) is 6.92. The summed E-state index contributed by atoms with van der Waals surface area (Å²) in [5, 5.41) is 2.03. The number of ether oxygens (including phenoxy) is 1. The molecule has 1 aromatic carbocycles. The summed E-state index contributed by atoms with van der Waals surface area (Å²) in [6.45, 7) is 2.93. The van der Waals surface area contributed by atoms with Crippen molar-refractivity contribution in [2.45, 2.75) is 13.8 Å². The first-order valence-electron chi connectivity index (χ1n) is 7.69. The number of para-hydroxylation sites is 1. The van der Waals surface area contributed by atoms with Crippen molar-refractivity contribution in [1.29, 1.82) is 0 Å². The van der Waals surface area contributed by atoms with E-state index >= 15 is 0 Å². The number of hydrogen-bond donors (Lipinski definition) is 0. The molecule has 2 aromatic heterocycles. The number of aromatic nitrogens is 1. The molecule has 0 unspecified atom stereocenters. The SMILES string of the molecule is CC(=O)Oc1ccccc1/C=C/c1cccs1.CC(=O)n1cccc1. The van der Waals surface area contributed by atoms with Crippen molar-refractivity contribution in [2.24, 2.45) is 0 Å². The first kappa shape index (κ1) is 18.4. The van der Waals surface area contributed by atoms with Gasteiger partial charge in [-0.05, 0) is 41.8 Å². The highest BCUT2D eigenvalue weighted by Gasteiger charge is 2.02. The monoisotopic (exact) mass is 353 g/mol. The minimum atomic E-state index is -0.304. The molecule has 0 aliphatic carbocycles. The van der Waals surface area contributed by atoms with E-state index in [1.165, 1.54) is 23.3 Å². The molecule has 0 aliphatic rings. The maximum absolute atomic E-state index is 11.0. The molecule has 0 saturated carbocycles. The van der Waals surface area contributed by atoms with Crippen molar-refractivity contribution in [3.63, 3.8) is 0 Å². The van der Waals surface area contributed by atoms with Crippen LogP contribution in [-0.2, 0) is 4.79 Å². The lowest BCUT2D eigenvalue weighted by atomic mass is 10.2. The molecule has 0 atom stereocenters. The number of carbonyl (C=O) groups is 2. The van der Waals surface area contributed by atoms with E-state index in [0.717, 1.165) is 5.56 Å². The number of nitrogens with zero attached hydrogens (tertiary/aromatic N) is 1. The molecule has 4 nitrogen and oxygen atoms in total. The van der Waals surface area contributed by atoms with Crippen molar-refractivity contribution in [3.05, 3.63) is 76.7 Å². The van der Waals surface area contributed by atoms with E-state index in [9.17, 15) is 9.59 Å². The second-order valence-corrected chi connectivity index (χ2v) is 6.07. The van der Waals surface area contributed by atoms with Gasteiger partial charge >= 0.3 is 5.97 Å². The number of rotatable bonds is 3. The summed E-state index contributed by atoms with van der Waals surface area (Å²) in [6, 6.07) is 15.2. The lowest BCUT2D eigenvalue weighted by molar-refractivity contribution is -0.131. The van der Waals surface area contributed by atoms with Crippen LogP contribution in [0.5, 0.6) is 5.75 Å². The number of carbonyl (C=O) groups excluding carboxylic acids is 2. The number of hydrogen-bond acceptors (Lipinski definition) is 4. The van der Waals surface area contributed by atoms with Gasteiger partial charge in [0.1, 0.15) is 5.75 Å². The summed E-state index contributed by atoms with van der Waals surface area (Å²) in [5.74, 6) is 0.338. The largest absolute Gasteiger partial charge is 0.426 e. The molecule has 2 heterocycles. The van der Waals surface area contributed by atoms with Crippen LogP contribution in [0, 0.1) is 0 Å². The minimum Gasteiger partial charge on any atom is -0.426 e. The molecule has 0 radical (unpaired) electrons. The molecular weight excluding hydrogens is 334 g/mol. The molecule has 25 heavy (non-hydrogen) atoms. The third kappa shape index (κ3) is 6.24. The molecule has 0 aliphatic heterocycles. The van der Waals surface area contributed by atoms with Gasteiger partial charge in [0.2, 0.25) is 5.91 Å². The van der Waals surface area contributed by atoms with Crippen molar-refractivity contribution < 1.29 is 14.3 Å². The van der Waals surface area contributed by atoms with Gasteiger partial charge in [-0.2, -0.15) is 0 Å². The second kappa shape index (κ2) is 9.39. The van der Waals surface area contributed by atoms with E-state index in [1.54, 1.807) is 29.8 Å². The first-order chi connectivity index (χ1) is 12.1. The Morgan fingerprint density at radius 2 is 1.68 bits per heavy atom. The topological polar surface area (TPSA) is 48.3 Å². The van der Waals surface area contributed by atoms with Crippen LogP contribution in [0.2, 0.25) is 0 Å². The Labute approximate surface area is 151 Å². The highest BCUT2D eigenvalue weighted by Crippen LogP contribution is 2.21. The summed E-state index contributed by atoms with van der Waals surface area (Å²) in [7, 11) is 0. The predicted molar refractivity (Wildman–Crippen MR) is 102 cm³/mol. The Bertz CT molecular complexity index is 834. The van der Waals surface area contributed by atoms with Crippen LogP contribution in [0.1, 0.15) is 29.1 Å². The zero-order valence-electron chi connectivity index (χ0n) is 14.1. The normalized spacial score (nSPS) is 10.2. The third-order valence-corrected chi connectivity index (χ3v) is 3.95. The van der Waals surface area contributed by atoms with Crippen LogP contribution in [0.15, 0.2) is 66.3 Å². The molecule has 5 heteroatoms. The Hall–Kier alpha value is -2.92. The van der Waals surface area contributed by atoms with Crippen LogP contribution in [0.25, 0.3) is 12.2 Å².